The third-order valence-electron chi connectivity index (χ3n) is 8.19. The molecule has 4 aromatic heterocycles. The number of carbonyl (C=O) groups is 3. The van der Waals surface area contributed by atoms with Crippen molar-refractivity contribution in [3.63, 3.8) is 0 Å². The minimum absolute atomic E-state index is 0.0251. The summed E-state index contributed by atoms with van der Waals surface area (Å²) >= 11 is 0. The number of carbonyl (C=O) groups excluding carboxylic acids is 3. The number of hydrogen-bond donors (Lipinski definition) is 3. The van der Waals surface area contributed by atoms with Crippen molar-refractivity contribution in [2.75, 3.05) is 18.5 Å². The molecule has 7 rings (SSSR count). The van der Waals surface area contributed by atoms with Gasteiger partial charge in [0.15, 0.2) is 11.4 Å². The molecule has 39 heavy (non-hydrogen) atoms. The van der Waals surface area contributed by atoms with E-state index in [0.717, 1.165) is 41.1 Å². The van der Waals surface area contributed by atoms with Crippen molar-refractivity contribution in [1.82, 2.24) is 34.7 Å². The fourth-order valence-corrected chi connectivity index (χ4v) is 6.42. The van der Waals surface area contributed by atoms with E-state index in [1.165, 1.54) is 0 Å². The van der Waals surface area contributed by atoms with Gasteiger partial charge in [-0.05, 0) is 37.8 Å². The maximum absolute atomic E-state index is 13.2. The molecular weight excluding hydrogens is 500 g/mol. The molecule has 0 aliphatic carbocycles. The van der Waals surface area contributed by atoms with Gasteiger partial charge in [-0.1, -0.05) is 6.07 Å². The van der Waals surface area contributed by atoms with Gasteiger partial charge in [-0.25, -0.2) is 4.98 Å². The van der Waals surface area contributed by atoms with Gasteiger partial charge in [0.1, 0.15) is 12.4 Å². The number of ketones is 2. The Kier molecular flexibility index (Phi) is 5.51. The summed E-state index contributed by atoms with van der Waals surface area (Å²) in [4.78, 5) is 49.2. The monoisotopic (exact) mass is 526 g/mol. The number of aliphatic hydroxyl groups excluding tert-OH is 1. The van der Waals surface area contributed by atoms with Crippen molar-refractivity contribution in [3.8, 4) is 22.5 Å². The SMILES string of the molecule is O=C(CO)C(=O)N1C2CCC1CC(c1nc3c(-c4ccc(-c5ccn[nH]5)nc4)cnn3c3c1C(=O)CCN3)C2. The van der Waals surface area contributed by atoms with Gasteiger partial charge >= 0.3 is 0 Å². The molecule has 3 N–H and O–H groups in total. The van der Waals surface area contributed by atoms with Crippen LogP contribution in [0.5, 0.6) is 0 Å². The van der Waals surface area contributed by atoms with Crippen LogP contribution in [0.4, 0.5) is 5.82 Å². The molecule has 4 aromatic rings. The van der Waals surface area contributed by atoms with Crippen molar-refractivity contribution in [1.29, 1.82) is 0 Å². The molecule has 12 nitrogen and oxygen atoms in total. The number of hydrogen-bond acceptors (Lipinski definition) is 9. The van der Waals surface area contributed by atoms with Crippen LogP contribution >= 0.6 is 0 Å². The van der Waals surface area contributed by atoms with Crippen LogP contribution in [0.2, 0.25) is 0 Å². The van der Waals surface area contributed by atoms with Gasteiger partial charge in [0.05, 0.1) is 28.8 Å². The lowest BCUT2D eigenvalue weighted by Crippen LogP contribution is -2.49. The predicted molar refractivity (Wildman–Crippen MR) is 139 cm³/mol. The first-order valence-corrected chi connectivity index (χ1v) is 13.1. The molecular formula is C27H26N8O4. The summed E-state index contributed by atoms with van der Waals surface area (Å²) in [6.07, 6.45) is 8.34. The molecule has 0 spiro atoms. The molecule has 2 atom stereocenters. The number of aliphatic hydroxyl groups is 1. The van der Waals surface area contributed by atoms with Crippen LogP contribution in [-0.4, -0.2) is 82.5 Å². The lowest BCUT2D eigenvalue weighted by atomic mass is 9.84. The van der Waals surface area contributed by atoms with E-state index < -0.39 is 18.3 Å². The first kappa shape index (κ1) is 23.7. The number of nitrogens with zero attached hydrogens (tertiary/aromatic N) is 6. The maximum atomic E-state index is 13.2. The molecule has 3 aliphatic rings. The zero-order valence-corrected chi connectivity index (χ0v) is 21.0. The largest absolute Gasteiger partial charge is 0.388 e. The van der Waals surface area contributed by atoms with Crippen LogP contribution in [0.3, 0.4) is 0 Å². The van der Waals surface area contributed by atoms with Gasteiger partial charge in [0.2, 0.25) is 5.78 Å². The van der Waals surface area contributed by atoms with Gasteiger partial charge < -0.3 is 15.3 Å². The van der Waals surface area contributed by atoms with Crippen LogP contribution in [-0.2, 0) is 9.59 Å². The summed E-state index contributed by atoms with van der Waals surface area (Å²) in [6, 6.07) is 5.47. The standard InChI is InChI=1S/C27H26N8O4/c36-13-22(38)27(39)34-16-2-3-17(34)10-15(9-16)24-23-21(37)6-7-28-26(23)35-25(32-24)18(12-31-35)14-1-4-19(29-11-14)20-5-8-30-33-20/h1,4-5,8,11-12,15-17,28,36H,2-3,6-7,9-10,13H2,(H,30,33). The highest BCUT2D eigenvalue weighted by Crippen LogP contribution is 2.45. The Morgan fingerprint density at radius 2 is 1.92 bits per heavy atom. The summed E-state index contributed by atoms with van der Waals surface area (Å²) in [5.41, 5.74) is 5.13. The van der Waals surface area contributed by atoms with Crippen molar-refractivity contribution in [2.24, 2.45) is 0 Å². The Morgan fingerprint density at radius 3 is 2.62 bits per heavy atom. The van der Waals surface area contributed by atoms with Gasteiger partial charge in [-0.3, -0.25) is 24.5 Å². The molecule has 3 aliphatic heterocycles. The van der Waals surface area contributed by atoms with Crippen molar-refractivity contribution in [3.05, 3.63) is 48.0 Å². The number of H-pyrrole nitrogens is 1. The van der Waals surface area contributed by atoms with E-state index in [1.807, 2.05) is 18.2 Å². The van der Waals surface area contributed by atoms with Gasteiger partial charge in [-0.15, -0.1) is 0 Å². The van der Waals surface area contributed by atoms with Gasteiger partial charge in [0.25, 0.3) is 5.91 Å². The molecule has 0 aromatic carbocycles. The fraction of sp³-hybridized carbons (Fsp3) is 0.370. The summed E-state index contributed by atoms with van der Waals surface area (Å²) < 4.78 is 1.70. The average Bonchev–Trinajstić information content (AvgIpc) is 3.70. The molecule has 2 unspecified atom stereocenters. The van der Waals surface area contributed by atoms with E-state index >= 15 is 0 Å². The number of nitrogens with one attached hydrogen (secondary N) is 2. The van der Waals surface area contributed by atoms with E-state index in [-0.39, 0.29) is 23.8 Å². The summed E-state index contributed by atoms with van der Waals surface area (Å²) in [5, 5.41) is 24.1. The lowest BCUT2D eigenvalue weighted by Gasteiger charge is -2.39. The minimum Gasteiger partial charge on any atom is -0.388 e. The average molecular weight is 527 g/mol. The quantitative estimate of drug-likeness (QED) is 0.331. The molecule has 0 radical (unpaired) electrons. The lowest BCUT2D eigenvalue weighted by molar-refractivity contribution is -0.149. The van der Waals surface area contributed by atoms with Gasteiger partial charge in [0, 0.05) is 54.5 Å². The van der Waals surface area contributed by atoms with E-state index in [0.29, 0.717) is 42.8 Å². The Bertz CT molecular complexity index is 1600. The second kappa shape index (κ2) is 9.09. The number of pyridine rings is 1. The number of anilines is 1. The van der Waals surface area contributed by atoms with Crippen LogP contribution in [0, 0.1) is 0 Å². The van der Waals surface area contributed by atoms with Gasteiger partial charge in [-0.2, -0.15) is 14.7 Å². The fourth-order valence-electron chi connectivity index (χ4n) is 6.42. The second-order valence-corrected chi connectivity index (χ2v) is 10.4. The molecule has 198 valence electrons. The Balaban J connectivity index is 1.29. The smallest absolute Gasteiger partial charge is 0.292 e. The van der Waals surface area contributed by atoms with Crippen LogP contribution in [0.1, 0.15) is 54.1 Å². The highest BCUT2D eigenvalue weighted by molar-refractivity contribution is 6.36. The first-order valence-electron chi connectivity index (χ1n) is 13.1. The third-order valence-corrected chi connectivity index (χ3v) is 8.19. The Morgan fingerprint density at radius 1 is 1.10 bits per heavy atom. The summed E-state index contributed by atoms with van der Waals surface area (Å²) in [6.45, 7) is -0.271. The summed E-state index contributed by atoms with van der Waals surface area (Å²) in [7, 11) is 0. The zero-order valence-electron chi connectivity index (χ0n) is 21.0. The Hall–Kier alpha value is -4.45. The molecule has 0 saturated carbocycles. The first-order chi connectivity index (χ1) is 19.0. The number of piperidine rings is 1. The maximum Gasteiger partial charge on any atom is 0.292 e. The van der Waals surface area contributed by atoms with Crippen LogP contribution in [0.25, 0.3) is 28.2 Å². The normalized spacial score (nSPS) is 22.1. The molecule has 2 bridgehead atoms. The number of rotatable bonds is 5. The molecule has 2 saturated heterocycles. The van der Waals surface area contributed by atoms with E-state index in [1.54, 1.807) is 28.0 Å². The number of Topliss-reactive ketones (excluding diaryl/α,β-unsaturated/α-hetero) is 2. The van der Waals surface area contributed by atoms with Crippen molar-refractivity contribution >= 4 is 28.9 Å². The predicted octanol–water partition coefficient (Wildman–Crippen LogP) is 1.98. The van der Waals surface area contributed by atoms with Crippen LogP contribution < -0.4 is 5.32 Å². The zero-order chi connectivity index (χ0) is 26.7. The van der Waals surface area contributed by atoms with Crippen LogP contribution in [0.15, 0.2) is 36.8 Å². The number of fused-ring (bicyclic) bond motifs is 5. The number of aromatic nitrogens is 6. The minimum atomic E-state index is -0.786. The van der Waals surface area contributed by atoms with Crippen molar-refractivity contribution < 1.29 is 19.5 Å². The van der Waals surface area contributed by atoms with E-state index in [4.69, 9.17) is 4.98 Å². The molecule has 7 heterocycles. The topological polar surface area (TPSA) is 158 Å². The van der Waals surface area contributed by atoms with E-state index in [2.05, 4.69) is 25.6 Å². The second-order valence-electron chi connectivity index (χ2n) is 10.4. The van der Waals surface area contributed by atoms with Crippen molar-refractivity contribution in [2.45, 2.75) is 50.1 Å². The number of amides is 1. The highest BCUT2D eigenvalue weighted by atomic mass is 16.3. The van der Waals surface area contributed by atoms with E-state index in [9.17, 15) is 19.5 Å². The Labute approximate surface area is 222 Å². The third kappa shape index (κ3) is 3.74. The molecule has 2 fully saturated rings. The highest BCUT2D eigenvalue weighted by Gasteiger charge is 2.46. The summed E-state index contributed by atoms with van der Waals surface area (Å²) in [5.74, 6) is -0.784. The molecule has 1 amide bonds. The molecule has 12 heteroatoms. The number of aromatic amines is 1.